The lowest BCUT2D eigenvalue weighted by molar-refractivity contribution is -0.274. The van der Waals surface area contributed by atoms with Crippen molar-refractivity contribution in [3.8, 4) is 17.2 Å². The van der Waals surface area contributed by atoms with Gasteiger partial charge in [0.1, 0.15) is 4.90 Å². The summed E-state index contributed by atoms with van der Waals surface area (Å²) >= 11 is 0. The molecule has 0 unspecified atom stereocenters. The van der Waals surface area contributed by atoms with E-state index in [-0.39, 0.29) is 17.1 Å². The molecule has 0 fully saturated rings. The Bertz CT molecular complexity index is 1070. The van der Waals surface area contributed by atoms with E-state index in [0.717, 1.165) is 30.4 Å². The zero-order chi connectivity index (χ0) is 22.5. The fourth-order valence-corrected chi connectivity index (χ4v) is 3.66. The third-order valence-electron chi connectivity index (χ3n) is 3.53. The van der Waals surface area contributed by atoms with Crippen LogP contribution in [-0.4, -0.2) is 40.1 Å². The lowest BCUT2D eigenvalue weighted by atomic mass is 10.2. The molecule has 0 saturated carbocycles. The third-order valence-corrected chi connectivity index (χ3v) is 4.90. The maximum absolute atomic E-state index is 12.9. The summed E-state index contributed by atoms with van der Waals surface area (Å²) in [4.78, 5) is 10.3. The summed E-state index contributed by atoms with van der Waals surface area (Å²) in [5.41, 5.74) is -0.336. The fourth-order valence-electron chi connectivity index (χ4n) is 2.38. The summed E-state index contributed by atoms with van der Waals surface area (Å²) in [7, 11) is -2.11. The number of alkyl halides is 3. The summed E-state index contributed by atoms with van der Waals surface area (Å²) in [5.74, 6) is -2.30. The second-order valence-electron chi connectivity index (χ2n) is 5.58. The molecule has 0 radical (unpaired) electrons. The van der Waals surface area contributed by atoms with Crippen molar-refractivity contribution in [3.05, 3.63) is 48.0 Å². The second kappa shape index (κ2) is 8.95. The molecule has 2 N–H and O–H groups in total. The molecule has 8 nitrogen and oxygen atoms in total. The van der Waals surface area contributed by atoms with Crippen molar-refractivity contribution < 1.29 is 45.7 Å². The molecule has 2 aromatic carbocycles. The summed E-state index contributed by atoms with van der Waals surface area (Å²) in [6.07, 6.45) is -3.15. The van der Waals surface area contributed by atoms with E-state index in [2.05, 4.69) is 4.74 Å². The van der Waals surface area contributed by atoms with Crippen LogP contribution in [0.25, 0.3) is 6.08 Å². The molecule has 0 heterocycles. The number of para-hydroxylation sites is 2. The van der Waals surface area contributed by atoms with Gasteiger partial charge in [-0.15, -0.1) is 13.2 Å². The predicted molar refractivity (Wildman–Crippen MR) is 100 cm³/mol. The number of rotatable bonds is 8. The van der Waals surface area contributed by atoms with Crippen molar-refractivity contribution in [2.45, 2.75) is 11.3 Å². The Hall–Kier alpha value is -3.41. The molecule has 0 aliphatic rings. The zero-order valence-electron chi connectivity index (χ0n) is 15.6. The van der Waals surface area contributed by atoms with Crippen molar-refractivity contribution in [3.63, 3.8) is 0 Å². The smallest absolute Gasteiger partial charge is 0.493 e. The molecular weight excluding hydrogens is 431 g/mol. The molecular formula is C18H16F3NO7S. The minimum atomic E-state index is -5.04. The van der Waals surface area contributed by atoms with Gasteiger partial charge in [-0.2, -0.15) is 0 Å². The third kappa shape index (κ3) is 5.80. The Balaban J connectivity index is 2.57. The molecule has 12 heteroatoms. The highest BCUT2D eigenvalue weighted by Crippen LogP contribution is 2.38. The van der Waals surface area contributed by atoms with Crippen molar-refractivity contribution in [2.24, 2.45) is 0 Å². The molecule has 0 amide bonds. The number of nitrogens with one attached hydrogen (secondary N) is 1. The normalized spacial score (nSPS) is 11.9. The fraction of sp³-hybridized carbons (Fsp3) is 0.167. The van der Waals surface area contributed by atoms with Crippen LogP contribution in [0.4, 0.5) is 18.9 Å². The topological polar surface area (TPSA) is 111 Å². The van der Waals surface area contributed by atoms with E-state index in [1.165, 1.54) is 32.4 Å². The number of hydrogen-bond donors (Lipinski definition) is 2. The van der Waals surface area contributed by atoms with Gasteiger partial charge in [-0.3, -0.25) is 4.72 Å². The molecule has 0 saturated heterocycles. The highest BCUT2D eigenvalue weighted by molar-refractivity contribution is 7.92. The lowest BCUT2D eigenvalue weighted by Crippen LogP contribution is -2.20. The quantitative estimate of drug-likeness (QED) is 0.596. The van der Waals surface area contributed by atoms with Crippen LogP contribution < -0.4 is 18.9 Å². The summed E-state index contributed by atoms with van der Waals surface area (Å²) in [5, 5.41) is 8.77. The van der Waals surface area contributed by atoms with Gasteiger partial charge in [-0.25, -0.2) is 13.2 Å². The molecule has 0 aliphatic carbocycles. The number of halogens is 3. The summed E-state index contributed by atoms with van der Waals surface area (Å²) in [6, 6.07) is 6.98. The Morgan fingerprint density at radius 1 is 1.10 bits per heavy atom. The van der Waals surface area contributed by atoms with Crippen LogP contribution in [0.5, 0.6) is 17.2 Å². The van der Waals surface area contributed by atoms with E-state index in [0.29, 0.717) is 0 Å². The SMILES string of the molecule is COc1cc(/C=C/C(=O)O)cc(S(=O)(=O)Nc2ccccc2OC(F)(F)F)c1OC. The van der Waals surface area contributed by atoms with Crippen molar-refractivity contribution in [1.29, 1.82) is 0 Å². The van der Waals surface area contributed by atoms with Gasteiger partial charge < -0.3 is 19.3 Å². The van der Waals surface area contributed by atoms with Gasteiger partial charge in [0.25, 0.3) is 10.0 Å². The van der Waals surface area contributed by atoms with Crippen molar-refractivity contribution in [2.75, 3.05) is 18.9 Å². The molecule has 30 heavy (non-hydrogen) atoms. The number of carbonyl (C=O) groups is 1. The first-order valence-corrected chi connectivity index (χ1v) is 9.50. The van der Waals surface area contributed by atoms with Gasteiger partial charge in [-0.1, -0.05) is 12.1 Å². The largest absolute Gasteiger partial charge is 0.573 e. The Morgan fingerprint density at radius 2 is 1.77 bits per heavy atom. The number of aliphatic carboxylic acids is 1. The number of hydrogen-bond acceptors (Lipinski definition) is 6. The molecule has 0 aromatic heterocycles. The highest BCUT2D eigenvalue weighted by atomic mass is 32.2. The first kappa shape index (κ1) is 22.9. The molecule has 2 aromatic rings. The highest BCUT2D eigenvalue weighted by Gasteiger charge is 2.33. The van der Waals surface area contributed by atoms with E-state index in [4.69, 9.17) is 14.6 Å². The zero-order valence-corrected chi connectivity index (χ0v) is 16.4. The predicted octanol–water partition coefficient (Wildman–Crippen LogP) is 3.50. The number of carboxylic acid groups (broad SMARTS) is 1. The van der Waals surface area contributed by atoms with Crippen LogP contribution in [0.15, 0.2) is 47.4 Å². The average molecular weight is 447 g/mol. The van der Waals surface area contributed by atoms with Gasteiger partial charge >= 0.3 is 12.3 Å². The molecule has 0 atom stereocenters. The van der Waals surface area contributed by atoms with Crippen LogP contribution in [-0.2, 0) is 14.8 Å². The monoisotopic (exact) mass is 447 g/mol. The minimum Gasteiger partial charge on any atom is -0.493 e. The average Bonchev–Trinajstić information content (AvgIpc) is 2.65. The number of methoxy groups -OCH3 is 2. The molecule has 0 bridgehead atoms. The molecule has 0 aliphatic heterocycles. The van der Waals surface area contributed by atoms with Crippen molar-refractivity contribution in [1.82, 2.24) is 0 Å². The van der Waals surface area contributed by atoms with E-state index in [1.807, 2.05) is 4.72 Å². The first-order chi connectivity index (χ1) is 14.0. The maximum atomic E-state index is 12.9. The molecule has 0 spiro atoms. The summed E-state index contributed by atoms with van der Waals surface area (Å²) in [6.45, 7) is 0. The van der Waals surface area contributed by atoms with E-state index >= 15 is 0 Å². The Labute approximate surface area is 169 Å². The van der Waals surface area contributed by atoms with E-state index < -0.39 is 38.7 Å². The number of sulfonamides is 1. The number of ether oxygens (including phenoxy) is 3. The van der Waals surface area contributed by atoms with Crippen LogP contribution in [0.1, 0.15) is 5.56 Å². The maximum Gasteiger partial charge on any atom is 0.573 e. The van der Waals surface area contributed by atoms with Crippen LogP contribution >= 0.6 is 0 Å². The summed E-state index contributed by atoms with van der Waals surface area (Å²) < 4.78 is 79.7. The standard InChI is InChI=1S/C18H16F3NO7S/c1-27-14-9-11(7-8-16(23)24)10-15(17(14)28-2)30(25,26)22-12-5-3-4-6-13(12)29-18(19,20)21/h3-10,22H,1-2H3,(H,23,24)/b8-7+. The minimum absolute atomic E-state index is 0.0368. The van der Waals surface area contributed by atoms with E-state index in [9.17, 15) is 26.4 Å². The molecule has 162 valence electrons. The lowest BCUT2D eigenvalue weighted by Gasteiger charge is -2.17. The van der Waals surface area contributed by atoms with Crippen LogP contribution in [0.2, 0.25) is 0 Å². The van der Waals surface area contributed by atoms with E-state index in [1.54, 1.807) is 0 Å². The van der Waals surface area contributed by atoms with Gasteiger partial charge in [0.05, 0.1) is 19.9 Å². The van der Waals surface area contributed by atoms with Gasteiger partial charge in [0.2, 0.25) is 0 Å². The van der Waals surface area contributed by atoms with Gasteiger partial charge in [-0.05, 0) is 35.9 Å². The second-order valence-corrected chi connectivity index (χ2v) is 7.23. The first-order valence-electron chi connectivity index (χ1n) is 8.01. The van der Waals surface area contributed by atoms with Crippen LogP contribution in [0, 0.1) is 0 Å². The van der Waals surface area contributed by atoms with Crippen LogP contribution in [0.3, 0.4) is 0 Å². The van der Waals surface area contributed by atoms with Gasteiger partial charge in [0, 0.05) is 6.08 Å². The molecule has 2 rings (SSSR count). The van der Waals surface area contributed by atoms with Gasteiger partial charge in [0.15, 0.2) is 17.2 Å². The Kier molecular flexibility index (Phi) is 6.82. The number of carboxylic acids is 1. The number of anilines is 1. The number of benzene rings is 2. The Morgan fingerprint density at radius 3 is 2.33 bits per heavy atom. The van der Waals surface area contributed by atoms with Crippen molar-refractivity contribution >= 4 is 27.8 Å².